The fraction of sp³-hybridized carbons (Fsp3) is 0.158. The van der Waals surface area contributed by atoms with Gasteiger partial charge in [-0.15, -0.1) is 0 Å². The summed E-state index contributed by atoms with van der Waals surface area (Å²) in [5.74, 6) is 4.49. The molecule has 0 aliphatic rings. The highest BCUT2D eigenvalue weighted by Gasteiger charge is 2.25. The van der Waals surface area contributed by atoms with E-state index in [0.29, 0.717) is 16.1 Å². The van der Waals surface area contributed by atoms with Crippen LogP contribution in [0.5, 0.6) is 0 Å². The maximum absolute atomic E-state index is 12.2. The number of benzene rings is 2. The largest absolute Gasteiger partial charge is 0.391 e. The van der Waals surface area contributed by atoms with Crippen molar-refractivity contribution in [2.24, 2.45) is 0 Å². The first-order valence-corrected chi connectivity index (χ1v) is 8.09. The molecule has 2 aromatic rings. The Balaban J connectivity index is 2.08. The molecule has 2 aromatic carbocycles. The highest BCUT2D eigenvalue weighted by molar-refractivity contribution is 6.30. The first-order chi connectivity index (χ1) is 12.4. The van der Waals surface area contributed by atoms with Gasteiger partial charge in [0.2, 0.25) is 0 Å². The number of hydrogen-bond acceptors (Lipinski definition) is 4. The molecule has 0 heterocycles. The topological polar surface area (TPSA) is 98.7 Å². The van der Waals surface area contributed by atoms with E-state index >= 15 is 0 Å². The minimum absolute atomic E-state index is 0.290. The first kappa shape index (κ1) is 19.5. The summed E-state index contributed by atoms with van der Waals surface area (Å²) in [5, 5.41) is 21.2. The Morgan fingerprint density at radius 3 is 1.96 bits per heavy atom. The van der Waals surface area contributed by atoms with Gasteiger partial charge in [0.05, 0.1) is 6.10 Å². The lowest BCUT2D eigenvalue weighted by molar-refractivity contribution is -0.133. The molecular weight excluding hydrogens is 356 g/mol. The third-order valence-corrected chi connectivity index (χ3v) is 3.76. The third kappa shape index (κ3) is 5.33. The quantitative estimate of drug-likeness (QED) is 0.373. The van der Waals surface area contributed by atoms with Crippen LogP contribution in [-0.2, 0) is 4.79 Å². The Labute approximate surface area is 155 Å². The molecule has 0 bridgehead atoms. The molecule has 2 rings (SSSR count). The van der Waals surface area contributed by atoms with Gasteiger partial charge in [-0.2, -0.15) is 0 Å². The number of aliphatic hydroxyl groups excluding tert-OH is 1. The lowest BCUT2D eigenvalue weighted by Crippen LogP contribution is -2.51. The summed E-state index contributed by atoms with van der Waals surface area (Å²) in [5.41, 5.74) is 3.21. The van der Waals surface area contributed by atoms with E-state index in [2.05, 4.69) is 17.2 Å². The van der Waals surface area contributed by atoms with Crippen LogP contribution in [0.15, 0.2) is 48.5 Å². The van der Waals surface area contributed by atoms with Crippen molar-refractivity contribution in [2.75, 3.05) is 0 Å². The number of aliphatic hydroxyl groups is 1. The van der Waals surface area contributed by atoms with Crippen LogP contribution in [0.3, 0.4) is 0 Å². The molecule has 0 aliphatic heterocycles. The van der Waals surface area contributed by atoms with E-state index in [9.17, 15) is 14.7 Å². The van der Waals surface area contributed by atoms with E-state index in [4.69, 9.17) is 16.8 Å². The predicted molar refractivity (Wildman–Crippen MR) is 96.7 cm³/mol. The summed E-state index contributed by atoms with van der Waals surface area (Å²) >= 11 is 5.82. The van der Waals surface area contributed by atoms with Gasteiger partial charge in [-0.3, -0.25) is 14.8 Å². The molecule has 2 atom stereocenters. The second-order valence-electron chi connectivity index (χ2n) is 5.50. The van der Waals surface area contributed by atoms with Crippen LogP contribution in [0.25, 0.3) is 0 Å². The zero-order chi connectivity index (χ0) is 19.1. The van der Waals surface area contributed by atoms with Crippen molar-refractivity contribution in [1.82, 2.24) is 10.8 Å². The van der Waals surface area contributed by atoms with Crippen LogP contribution in [0.1, 0.15) is 28.4 Å². The van der Waals surface area contributed by atoms with Gasteiger partial charge in [-0.25, -0.2) is 5.48 Å². The van der Waals surface area contributed by atoms with E-state index in [1.54, 1.807) is 48.5 Å². The molecule has 4 N–H and O–H groups in total. The molecule has 0 unspecified atom stereocenters. The molecule has 0 radical (unpaired) electrons. The molecule has 6 nitrogen and oxygen atoms in total. The summed E-state index contributed by atoms with van der Waals surface area (Å²) in [7, 11) is 0. The van der Waals surface area contributed by atoms with Crippen LogP contribution in [0.2, 0.25) is 5.02 Å². The molecule has 0 spiro atoms. The maximum atomic E-state index is 12.2. The Kier molecular flexibility index (Phi) is 6.75. The summed E-state index contributed by atoms with van der Waals surface area (Å²) in [6.45, 7) is 1.33. The minimum Gasteiger partial charge on any atom is -0.391 e. The fourth-order valence-electron chi connectivity index (χ4n) is 2.08. The molecule has 7 heteroatoms. The molecule has 0 aromatic heterocycles. The maximum Gasteiger partial charge on any atom is 0.268 e. The van der Waals surface area contributed by atoms with Crippen LogP contribution in [0.4, 0.5) is 0 Å². The minimum atomic E-state index is -1.27. The Morgan fingerprint density at radius 1 is 1.00 bits per heavy atom. The summed E-state index contributed by atoms with van der Waals surface area (Å²) in [6, 6.07) is 12.3. The molecule has 0 fully saturated rings. The molecule has 0 aliphatic carbocycles. The normalized spacial score (nSPS) is 12.3. The Hall–Kier alpha value is -2.85. The number of carbonyl (C=O) groups is 2. The zero-order valence-corrected chi connectivity index (χ0v) is 14.6. The number of hydrogen-bond donors (Lipinski definition) is 4. The standard InChI is InChI=1S/C19H17ClN2O4/c1-12(23)17(19(25)22-26)21-18(24)15-8-4-13(5-9-15)2-3-14-6-10-16(20)11-7-14/h4-12,17,23,26H,1H3,(H,21,24)(H,22,25)/t12-,17+/m1/s1. The average Bonchev–Trinajstić information content (AvgIpc) is 2.65. The number of rotatable bonds is 4. The van der Waals surface area contributed by atoms with Crippen LogP contribution < -0.4 is 10.8 Å². The van der Waals surface area contributed by atoms with E-state index < -0.39 is 24.0 Å². The fourth-order valence-corrected chi connectivity index (χ4v) is 2.21. The van der Waals surface area contributed by atoms with Crippen molar-refractivity contribution in [3.05, 3.63) is 70.2 Å². The molecule has 2 amide bonds. The number of amides is 2. The average molecular weight is 373 g/mol. The monoisotopic (exact) mass is 372 g/mol. The molecule has 134 valence electrons. The highest BCUT2D eigenvalue weighted by atomic mass is 35.5. The lowest BCUT2D eigenvalue weighted by Gasteiger charge is -2.19. The van der Waals surface area contributed by atoms with Gasteiger partial charge in [0.25, 0.3) is 11.8 Å². The number of hydroxylamine groups is 1. The second-order valence-corrected chi connectivity index (χ2v) is 5.94. The van der Waals surface area contributed by atoms with Gasteiger partial charge in [-0.05, 0) is 55.5 Å². The molecule has 0 saturated heterocycles. The predicted octanol–water partition coefficient (Wildman–Crippen LogP) is 1.72. The van der Waals surface area contributed by atoms with Crippen molar-refractivity contribution >= 4 is 23.4 Å². The third-order valence-electron chi connectivity index (χ3n) is 3.50. The second kappa shape index (κ2) is 9.02. The highest BCUT2D eigenvalue weighted by Crippen LogP contribution is 2.09. The lowest BCUT2D eigenvalue weighted by atomic mass is 10.1. The van der Waals surface area contributed by atoms with Gasteiger partial charge in [-0.1, -0.05) is 23.4 Å². The van der Waals surface area contributed by atoms with Crippen molar-refractivity contribution in [3.8, 4) is 11.8 Å². The number of halogens is 1. The van der Waals surface area contributed by atoms with Crippen molar-refractivity contribution < 1.29 is 19.9 Å². The number of carbonyl (C=O) groups excluding carboxylic acids is 2. The smallest absolute Gasteiger partial charge is 0.268 e. The van der Waals surface area contributed by atoms with Gasteiger partial charge < -0.3 is 10.4 Å². The molecular formula is C19H17ClN2O4. The van der Waals surface area contributed by atoms with E-state index in [1.807, 2.05) is 0 Å². The summed E-state index contributed by atoms with van der Waals surface area (Å²) in [4.78, 5) is 23.6. The zero-order valence-electron chi connectivity index (χ0n) is 13.9. The Bertz CT molecular complexity index is 837. The van der Waals surface area contributed by atoms with E-state index in [0.717, 1.165) is 5.56 Å². The van der Waals surface area contributed by atoms with Crippen LogP contribution in [-0.4, -0.2) is 34.3 Å². The van der Waals surface area contributed by atoms with E-state index in [-0.39, 0.29) is 0 Å². The van der Waals surface area contributed by atoms with Gasteiger partial charge >= 0.3 is 0 Å². The Morgan fingerprint density at radius 2 is 1.50 bits per heavy atom. The van der Waals surface area contributed by atoms with Crippen molar-refractivity contribution in [2.45, 2.75) is 19.1 Å². The van der Waals surface area contributed by atoms with Crippen molar-refractivity contribution in [3.63, 3.8) is 0 Å². The van der Waals surface area contributed by atoms with Gasteiger partial charge in [0.15, 0.2) is 0 Å². The SMILES string of the molecule is C[C@@H](O)[C@H](NC(=O)c1ccc(C#Cc2ccc(Cl)cc2)cc1)C(=O)NO. The van der Waals surface area contributed by atoms with Crippen molar-refractivity contribution in [1.29, 1.82) is 0 Å². The molecule has 26 heavy (non-hydrogen) atoms. The van der Waals surface area contributed by atoms with Gasteiger partial charge in [0.1, 0.15) is 6.04 Å². The van der Waals surface area contributed by atoms with Crippen LogP contribution in [0, 0.1) is 11.8 Å². The van der Waals surface area contributed by atoms with Crippen LogP contribution >= 0.6 is 11.6 Å². The first-order valence-electron chi connectivity index (χ1n) is 7.71. The number of nitrogens with one attached hydrogen (secondary N) is 2. The molecule has 0 saturated carbocycles. The summed E-state index contributed by atoms with van der Waals surface area (Å²) in [6.07, 6.45) is -1.17. The summed E-state index contributed by atoms with van der Waals surface area (Å²) < 4.78 is 0. The van der Waals surface area contributed by atoms with Gasteiger partial charge in [0, 0.05) is 21.7 Å². The van der Waals surface area contributed by atoms with E-state index in [1.165, 1.54) is 12.4 Å².